The molecule has 0 aromatic heterocycles. The minimum Gasteiger partial charge on any atom is -0.491 e. The Morgan fingerprint density at radius 3 is 1.13 bits per heavy atom. The summed E-state index contributed by atoms with van der Waals surface area (Å²) in [5, 5.41) is 28.9. The maximum Gasteiger partial charge on any atom is 0.119 e. The van der Waals surface area contributed by atoms with Crippen LogP contribution in [0.5, 0.6) is 11.5 Å². The molecule has 294 valence electrons. The van der Waals surface area contributed by atoms with Crippen molar-refractivity contribution in [1.29, 1.82) is 0 Å². The molecule has 2 N–H and O–H groups in total. The molecule has 4 nitrogen and oxygen atoms in total. The monoisotopic (exact) mass is 790 g/mol. The van der Waals surface area contributed by atoms with E-state index in [4.69, 9.17) is 9.47 Å². The first-order valence-electron chi connectivity index (χ1n) is 21.0. The summed E-state index contributed by atoms with van der Waals surface area (Å²) < 4.78 is 11.8. The molecule has 0 fully saturated rings. The molecule has 11 rings (SSSR count). The molecular weight excluding hydrogens is 749 g/mol. The van der Waals surface area contributed by atoms with Crippen LogP contribution in [0.1, 0.15) is 22.3 Å². The lowest BCUT2D eigenvalue weighted by molar-refractivity contribution is 0.201. The molecule has 61 heavy (non-hydrogen) atoms. The lowest BCUT2D eigenvalue weighted by Gasteiger charge is -2.34. The molecule has 0 aliphatic heterocycles. The highest BCUT2D eigenvalue weighted by Crippen LogP contribution is 2.58. The second kappa shape index (κ2) is 15.1. The smallest absolute Gasteiger partial charge is 0.119 e. The molecule has 0 saturated carbocycles. The molecule has 1 aliphatic rings. The Morgan fingerprint density at radius 1 is 0.344 bits per heavy atom. The van der Waals surface area contributed by atoms with E-state index in [1.807, 2.05) is 24.3 Å². The minimum absolute atomic E-state index is 0.0548. The zero-order valence-electron chi connectivity index (χ0n) is 33.5. The summed E-state index contributed by atoms with van der Waals surface area (Å²) in [5.41, 5.74) is 10.9. The van der Waals surface area contributed by atoms with Crippen LogP contribution in [0.25, 0.3) is 76.5 Å². The second-order valence-electron chi connectivity index (χ2n) is 15.8. The largest absolute Gasteiger partial charge is 0.491 e. The van der Waals surface area contributed by atoms with Crippen LogP contribution in [0, 0.1) is 0 Å². The van der Waals surface area contributed by atoms with Crippen molar-refractivity contribution in [1.82, 2.24) is 0 Å². The zero-order chi connectivity index (χ0) is 40.9. The van der Waals surface area contributed by atoms with Crippen molar-refractivity contribution >= 4 is 43.1 Å². The fourth-order valence-electron chi connectivity index (χ4n) is 9.97. The van der Waals surface area contributed by atoms with Crippen LogP contribution in [0.4, 0.5) is 0 Å². The molecule has 0 atom stereocenters. The first kappa shape index (κ1) is 36.8. The normalized spacial score (nSPS) is 12.8. The Labute approximate surface area is 354 Å². The summed E-state index contributed by atoms with van der Waals surface area (Å²) >= 11 is 0. The van der Waals surface area contributed by atoms with Gasteiger partial charge in [-0.25, -0.2) is 0 Å². The van der Waals surface area contributed by atoms with Crippen molar-refractivity contribution in [3.63, 3.8) is 0 Å². The van der Waals surface area contributed by atoms with Crippen LogP contribution >= 0.6 is 0 Å². The third-order valence-electron chi connectivity index (χ3n) is 12.6. The SMILES string of the molecule is OCCOc1ccc(C2(c3ccc(OCCO)cc3)c3ccc(-c4cc5ccccc5c5ccccc45)cc3-c3cc(-c4cc5ccccc5c5ccccc45)ccc32)cc1. The average molecular weight is 791 g/mol. The van der Waals surface area contributed by atoms with E-state index in [0.29, 0.717) is 11.5 Å². The van der Waals surface area contributed by atoms with Crippen LogP contribution in [0.15, 0.2) is 194 Å². The van der Waals surface area contributed by atoms with Crippen molar-refractivity contribution < 1.29 is 19.7 Å². The van der Waals surface area contributed by atoms with E-state index in [1.165, 1.54) is 76.5 Å². The van der Waals surface area contributed by atoms with Crippen LogP contribution in [-0.4, -0.2) is 36.6 Å². The van der Waals surface area contributed by atoms with E-state index in [0.717, 1.165) is 22.3 Å². The molecule has 0 amide bonds. The van der Waals surface area contributed by atoms with Crippen LogP contribution in [0.3, 0.4) is 0 Å². The summed E-state index contributed by atoms with van der Waals surface area (Å²) in [4.78, 5) is 0. The zero-order valence-corrected chi connectivity index (χ0v) is 33.5. The standard InChI is InChI=1S/C57H42O4/c58-29-31-60-43-23-19-41(20-24-43)57(42-21-25-44(26-22-42)61-32-30-59)55-27-17-39(51-33-37-9-1-3-11-45(37)47-13-5-7-15-49(47)51)35-53(55)54-36-40(18-28-56(54)57)52-34-38-10-2-4-12-46(38)48-14-6-8-16-50(48)52/h1-28,33-36,58-59H,29-32H2. The second-order valence-corrected chi connectivity index (χ2v) is 15.8. The topological polar surface area (TPSA) is 58.9 Å². The van der Waals surface area contributed by atoms with Gasteiger partial charge in [-0.1, -0.05) is 146 Å². The van der Waals surface area contributed by atoms with Gasteiger partial charge in [-0.2, -0.15) is 0 Å². The van der Waals surface area contributed by atoms with Gasteiger partial charge in [-0.15, -0.1) is 0 Å². The van der Waals surface area contributed by atoms with Gasteiger partial charge in [0.05, 0.1) is 18.6 Å². The Hall–Kier alpha value is -7.24. The van der Waals surface area contributed by atoms with Crippen LogP contribution in [0.2, 0.25) is 0 Å². The van der Waals surface area contributed by atoms with E-state index >= 15 is 0 Å². The van der Waals surface area contributed by atoms with Crippen molar-refractivity contribution in [3.05, 3.63) is 216 Å². The van der Waals surface area contributed by atoms with Crippen LogP contribution < -0.4 is 9.47 Å². The fourth-order valence-corrected chi connectivity index (χ4v) is 9.97. The van der Waals surface area contributed by atoms with Gasteiger partial charge in [-0.3, -0.25) is 0 Å². The third-order valence-corrected chi connectivity index (χ3v) is 12.6. The number of benzene rings is 10. The maximum atomic E-state index is 9.52. The molecular formula is C57H42O4. The highest BCUT2D eigenvalue weighted by atomic mass is 16.5. The summed E-state index contributed by atoms with van der Waals surface area (Å²) in [5.74, 6) is 1.41. The molecule has 10 aromatic rings. The summed E-state index contributed by atoms with van der Waals surface area (Å²) in [6, 6.07) is 70.3. The number of aliphatic hydroxyl groups is 2. The third kappa shape index (κ3) is 5.98. The van der Waals surface area contributed by atoms with Crippen molar-refractivity contribution in [2.24, 2.45) is 0 Å². The number of ether oxygens (including phenoxy) is 2. The molecule has 0 radical (unpaired) electrons. The van der Waals surface area contributed by atoms with E-state index in [9.17, 15) is 10.2 Å². The van der Waals surface area contributed by atoms with Crippen molar-refractivity contribution in [2.75, 3.05) is 26.4 Å². The number of hydrogen-bond donors (Lipinski definition) is 2. The Balaban J connectivity index is 1.20. The number of aliphatic hydroxyl groups excluding tert-OH is 2. The Kier molecular flexibility index (Phi) is 9.11. The highest BCUT2D eigenvalue weighted by molar-refractivity contribution is 6.15. The summed E-state index contributed by atoms with van der Waals surface area (Å²) in [6.07, 6.45) is 0. The molecule has 10 aromatic carbocycles. The summed E-state index contributed by atoms with van der Waals surface area (Å²) in [7, 11) is 0. The van der Waals surface area contributed by atoms with Gasteiger partial charge < -0.3 is 19.7 Å². The van der Waals surface area contributed by atoms with Gasteiger partial charge >= 0.3 is 0 Å². The molecule has 0 heterocycles. The fraction of sp³-hybridized carbons (Fsp3) is 0.0877. The lowest BCUT2D eigenvalue weighted by Crippen LogP contribution is -2.28. The van der Waals surface area contributed by atoms with Crippen molar-refractivity contribution in [2.45, 2.75) is 5.41 Å². The van der Waals surface area contributed by atoms with Gasteiger partial charge in [0.25, 0.3) is 0 Å². The highest BCUT2D eigenvalue weighted by Gasteiger charge is 2.46. The van der Waals surface area contributed by atoms with Crippen molar-refractivity contribution in [3.8, 4) is 44.9 Å². The summed E-state index contributed by atoms with van der Waals surface area (Å²) in [6.45, 7) is 0.343. The molecule has 0 saturated heterocycles. The molecule has 0 unspecified atom stereocenters. The minimum atomic E-state index is -0.705. The lowest BCUT2D eigenvalue weighted by atomic mass is 9.67. The average Bonchev–Trinajstić information content (AvgIpc) is 3.62. The van der Waals surface area contributed by atoms with E-state index in [2.05, 4.69) is 170 Å². The quantitative estimate of drug-likeness (QED) is 0.135. The van der Waals surface area contributed by atoms with Gasteiger partial charge in [0.2, 0.25) is 0 Å². The van der Waals surface area contributed by atoms with Gasteiger partial charge in [0.15, 0.2) is 0 Å². The molecule has 4 heteroatoms. The van der Waals surface area contributed by atoms with E-state index < -0.39 is 5.41 Å². The number of fused-ring (bicyclic) bond motifs is 9. The maximum absolute atomic E-state index is 9.52. The number of rotatable bonds is 10. The molecule has 1 aliphatic carbocycles. The predicted octanol–water partition coefficient (Wildman–Crippen LogP) is 12.7. The first-order chi connectivity index (χ1) is 30.1. The molecule has 0 bridgehead atoms. The Morgan fingerprint density at radius 2 is 0.721 bits per heavy atom. The van der Waals surface area contributed by atoms with Gasteiger partial charge in [0, 0.05) is 0 Å². The van der Waals surface area contributed by atoms with Gasteiger partial charge in [-0.05, 0) is 147 Å². The number of hydrogen-bond acceptors (Lipinski definition) is 4. The first-order valence-corrected chi connectivity index (χ1v) is 21.0. The van der Waals surface area contributed by atoms with Gasteiger partial charge in [0.1, 0.15) is 24.7 Å². The molecule has 0 spiro atoms. The Bertz CT molecular complexity index is 3050. The van der Waals surface area contributed by atoms with Crippen LogP contribution in [-0.2, 0) is 5.41 Å². The van der Waals surface area contributed by atoms with E-state index in [-0.39, 0.29) is 26.4 Å². The predicted molar refractivity (Wildman–Crippen MR) is 250 cm³/mol. The van der Waals surface area contributed by atoms with E-state index in [1.54, 1.807) is 0 Å².